The number of aliphatic hydroxyl groups excluding tert-OH is 3. The van der Waals surface area contributed by atoms with Crippen molar-refractivity contribution in [1.29, 1.82) is 0 Å². The van der Waals surface area contributed by atoms with Gasteiger partial charge >= 0.3 is 0 Å². The van der Waals surface area contributed by atoms with Gasteiger partial charge in [0.1, 0.15) is 35.4 Å². The first-order valence-electron chi connectivity index (χ1n) is 10.7. The quantitative estimate of drug-likeness (QED) is 0.452. The Kier molecular flexibility index (Phi) is 6.97. The molecule has 7 nitrogen and oxygen atoms in total. The summed E-state index contributed by atoms with van der Waals surface area (Å²) in [7, 11) is 3.21. The third-order valence-electron chi connectivity index (χ3n) is 5.97. The molecule has 7 heteroatoms. The van der Waals surface area contributed by atoms with Crippen LogP contribution in [0.4, 0.5) is 0 Å². The Morgan fingerprint density at radius 1 is 0.697 bits per heavy atom. The van der Waals surface area contributed by atoms with Gasteiger partial charge in [-0.3, -0.25) is 0 Å². The number of ether oxygens (including phenoxy) is 4. The van der Waals surface area contributed by atoms with Crippen molar-refractivity contribution in [3.05, 3.63) is 95.6 Å². The van der Waals surface area contributed by atoms with E-state index >= 15 is 0 Å². The van der Waals surface area contributed by atoms with E-state index in [4.69, 9.17) is 18.9 Å². The standard InChI is InChI=1S/C26H28O7/c1-30-20-12-8-18(9-13-20)26(17-6-4-3-5-7-17,19-10-14-21(31-2)15-11-19)32-16-22-23(27)24(28)25(29)33-22/h3-15,22-25,27-29H,16H2,1-2H3/t22-,23-,24-,25-/m1/s1. The Balaban J connectivity index is 1.83. The van der Waals surface area contributed by atoms with E-state index in [1.165, 1.54) is 0 Å². The zero-order valence-electron chi connectivity index (χ0n) is 18.5. The molecule has 4 atom stereocenters. The van der Waals surface area contributed by atoms with Gasteiger partial charge < -0.3 is 34.3 Å². The molecule has 0 aliphatic carbocycles. The highest BCUT2D eigenvalue weighted by molar-refractivity contribution is 5.49. The highest BCUT2D eigenvalue weighted by Crippen LogP contribution is 2.42. The average Bonchev–Trinajstić information content (AvgIpc) is 3.12. The summed E-state index contributed by atoms with van der Waals surface area (Å²) in [4.78, 5) is 0. The van der Waals surface area contributed by atoms with Crippen molar-refractivity contribution >= 4 is 0 Å². The Bertz CT molecular complexity index is 973. The van der Waals surface area contributed by atoms with Gasteiger partial charge in [-0.05, 0) is 41.0 Å². The van der Waals surface area contributed by atoms with E-state index < -0.39 is 30.2 Å². The Hall–Kier alpha value is -2.94. The molecule has 0 radical (unpaired) electrons. The molecule has 1 saturated heterocycles. The second-order valence-electron chi connectivity index (χ2n) is 7.86. The van der Waals surface area contributed by atoms with E-state index in [2.05, 4.69) is 0 Å². The van der Waals surface area contributed by atoms with E-state index in [0.29, 0.717) is 11.5 Å². The van der Waals surface area contributed by atoms with Gasteiger partial charge in [-0.1, -0.05) is 54.6 Å². The fourth-order valence-corrected chi connectivity index (χ4v) is 4.15. The molecule has 174 valence electrons. The summed E-state index contributed by atoms with van der Waals surface area (Å²) < 4.78 is 22.6. The lowest BCUT2D eigenvalue weighted by Gasteiger charge is -2.37. The number of hydrogen-bond donors (Lipinski definition) is 3. The van der Waals surface area contributed by atoms with Crippen LogP contribution in [0.3, 0.4) is 0 Å². The number of aliphatic hydroxyl groups is 3. The first kappa shape index (κ1) is 23.2. The lowest BCUT2D eigenvalue weighted by atomic mass is 9.80. The lowest BCUT2D eigenvalue weighted by Crippen LogP contribution is -2.39. The highest BCUT2D eigenvalue weighted by atomic mass is 16.7. The zero-order chi connectivity index (χ0) is 23.4. The van der Waals surface area contributed by atoms with Gasteiger partial charge in [0, 0.05) is 0 Å². The Morgan fingerprint density at radius 2 is 1.18 bits per heavy atom. The van der Waals surface area contributed by atoms with Crippen molar-refractivity contribution in [2.75, 3.05) is 20.8 Å². The van der Waals surface area contributed by atoms with Crippen molar-refractivity contribution in [2.24, 2.45) is 0 Å². The minimum atomic E-state index is -1.47. The molecule has 0 bridgehead atoms. The fourth-order valence-electron chi connectivity index (χ4n) is 4.15. The molecule has 3 N–H and O–H groups in total. The first-order chi connectivity index (χ1) is 16.0. The maximum Gasteiger partial charge on any atom is 0.184 e. The molecular weight excluding hydrogens is 424 g/mol. The summed E-state index contributed by atoms with van der Waals surface area (Å²) in [5, 5.41) is 30.1. The highest BCUT2D eigenvalue weighted by Gasteiger charge is 2.45. The second kappa shape index (κ2) is 9.91. The molecule has 0 unspecified atom stereocenters. The van der Waals surface area contributed by atoms with Crippen LogP contribution in [0.2, 0.25) is 0 Å². The van der Waals surface area contributed by atoms with Crippen LogP contribution in [-0.4, -0.2) is 60.7 Å². The maximum absolute atomic E-state index is 10.3. The molecule has 0 spiro atoms. The zero-order valence-corrected chi connectivity index (χ0v) is 18.5. The van der Waals surface area contributed by atoms with Crippen molar-refractivity contribution < 1.29 is 34.3 Å². The third kappa shape index (κ3) is 4.46. The normalized spacial score (nSPS) is 22.8. The summed E-state index contributed by atoms with van der Waals surface area (Å²) in [5.74, 6) is 1.41. The molecular formula is C26H28O7. The van der Waals surface area contributed by atoms with Crippen molar-refractivity contribution in [3.63, 3.8) is 0 Å². The molecule has 0 amide bonds. The van der Waals surface area contributed by atoms with E-state index in [1.807, 2.05) is 78.9 Å². The monoisotopic (exact) mass is 452 g/mol. The van der Waals surface area contributed by atoms with Gasteiger partial charge in [0.05, 0.1) is 20.8 Å². The molecule has 1 heterocycles. The molecule has 3 aromatic rings. The van der Waals surface area contributed by atoms with Crippen LogP contribution >= 0.6 is 0 Å². The molecule has 33 heavy (non-hydrogen) atoms. The number of benzene rings is 3. The van der Waals surface area contributed by atoms with Crippen molar-refractivity contribution in [1.82, 2.24) is 0 Å². The molecule has 1 fully saturated rings. The summed E-state index contributed by atoms with van der Waals surface area (Å²) in [6.07, 6.45) is -5.05. The summed E-state index contributed by atoms with van der Waals surface area (Å²) in [6.45, 7) is -0.0811. The van der Waals surface area contributed by atoms with Crippen LogP contribution in [0.5, 0.6) is 11.5 Å². The first-order valence-corrected chi connectivity index (χ1v) is 10.7. The van der Waals surface area contributed by atoms with Gasteiger partial charge in [0.25, 0.3) is 0 Å². The minimum absolute atomic E-state index is 0.0811. The topological polar surface area (TPSA) is 97.6 Å². The van der Waals surface area contributed by atoms with Crippen LogP contribution in [0, 0.1) is 0 Å². The van der Waals surface area contributed by atoms with Gasteiger partial charge in [0.2, 0.25) is 0 Å². The van der Waals surface area contributed by atoms with Crippen molar-refractivity contribution in [2.45, 2.75) is 30.2 Å². The van der Waals surface area contributed by atoms with Crippen LogP contribution in [0.15, 0.2) is 78.9 Å². The summed E-state index contributed by atoms with van der Waals surface area (Å²) in [5.41, 5.74) is 1.43. The van der Waals surface area contributed by atoms with Crippen LogP contribution in [-0.2, 0) is 15.1 Å². The van der Waals surface area contributed by atoms with Gasteiger partial charge in [0.15, 0.2) is 6.29 Å². The summed E-state index contributed by atoms with van der Waals surface area (Å²) >= 11 is 0. The SMILES string of the molecule is COc1ccc(C(OC[C@H]2O[C@@H](O)[C@H](O)[C@@H]2O)(c2ccccc2)c2ccc(OC)cc2)cc1. The van der Waals surface area contributed by atoms with Crippen LogP contribution in [0.1, 0.15) is 16.7 Å². The smallest absolute Gasteiger partial charge is 0.184 e. The largest absolute Gasteiger partial charge is 0.497 e. The molecule has 0 saturated carbocycles. The van der Waals surface area contributed by atoms with Crippen LogP contribution < -0.4 is 9.47 Å². The molecule has 1 aliphatic rings. The van der Waals surface area contributed by atoms with Crippen molar-refractivity contribution in [3.8, 4) is 11.5 Å². The number of rotatable bonds is 8. The van der Waals surface area contributed by atoms with Gasteiger partial charge in [-0.25, -0.2) is 0 Å². The maximum atomic E-state index is 10.3. The predicted octanol–water partition coefficient (Wildman–Crippen LogP) is 2.45. The van der Waals surface area contributed by atoms with Gasteiger partial charge in [-0.15, -0.1) is 0 Å². The average molecular weight is 453 g/mol. The molecule has 1 aliphatic heterocycles. The molecule has 4 rings (SSSR count). The fraction of sp³-hybridized carbons (Fsp3) is 0.308. The molecule has 3 aromatic carbocycles. The lowest BCUT2D eigenvalue weighted by molar-refractivity contribution is -0.145. The van der Waals surface area contributed by atoms with E-state index in [1.54, 1.807) is 14.2 Å². The number of hydrogen-bond acceptors (Lipinski definition) is 7. The van der Waals surface area contributed by atoms with E-state index in [0.717, 1.165) is 16.7 Å². The third-order valence-corrected chi connectivity index (χ3v) is 5.97. The Morgan fingerprint density at radius 3 is 1.61 bits per heavy atom. The minimum Gasteiger partial charge on any atom is -0.497 e. The van der Waals surface area contributed by atoms with E-state index in [9.17, 15) is 15.3 Å². The number of methoxy groups -OCH3 is 2. The second-order valence-corrected chi connectivity index (χ2v) is 7.86. The Labute approximate surface area is 192 Å². The predicted molar refractivity (Wildman–Crippen MR) is 121 cm³/mol. The summed E-state index contributed by atoms with van der Waals surface area (Å²) in [6, 6.07) is 24.8. The molecule has 0 aromatic heterocycles. The van der Waals surface area contributed by atoms with Crippen LogP contribution in [0.25, 0.3) is 0 Å². The van der Waals surface area contributed by atoms with Gasteiger partial charge in [-0.2, -0.15) is 0 Å². The van der Waals surface area contributed by atoms with E-state index in [-0.39, 0.29) is 6.61 Å².